The topological polar surface area (TPSA) is 76.1 Å². The predicted molar refractivity (Wildman–Crippen MR) is 79.9 cm³/mol. The SMILES string of the molecule is CCCc1nc(NC)cc(NCCCC(=O)OCC)n1. The zero-order valence-corrected chi connectivity index (χ0v) is 12.5. The van der Waals surface area contributed by atoms with Crippen LogP contribution in [0.25, 0.3) is 0 Å². The van der Waals surface area contributed by atoms with Crippen molar-refractivity contribution in [1.29, 1.82) is 0 Å². The lowest BCUT2D eigenvalue weighted by Crippen LogP contribution is -2.10. The van der Waals surface area contributed by atoms with Gasteiger partial charge in [-0.05, 0) is 19.8 Å². The standard InChI is InChI=1S/C14H24N4O2/c1-4-7-11-17-12(15-3)10-13(18-11)16-9-6-8-14(19)20-5-2/h10H,4-9H2,1-3H3,(H2,15,16,17,18). The van der Waals surface area contributed by atoms with Gasteiger partial charge in [0, 0.05) is 32.5 Å². The van der Waals surface area contributed by atoms with E-state index < -0.39 is 0 Å². The maximum Gasteiger partial charge on any atom is 0.305 e. The molecule has 0 saturated heterocycles. The molecule has 0 spiro atoms. The van der Waals surface area contributed by atoms with Gasteiger partial charge >= 0.3 is 5.97 Å². The summed E-state index contributed by atoms with van der Waals surface area (Å²) in [5, 5.41) is 6.24. The molecule has 0 aliphatic heterocycles. The number of carbonyl (C=O) groups excluding carboxylic acids is 1. The molecule has 6 nitrogen and oxygen atoms in total. The Hall–Kier alpha value is -1.85. The number of hydrogen-bond acceptors (Lipinski definition) is 6. The lowest BCUT2D eigenvalue weighted by molar-refractivity contribution is -0.143. The summed E-state index contributed by atoms with van der Waals surface area (Å²) in [4.78, 5) is 20.0. The molecule has 0 saturated carbocycles. The van der Waals surface area contributed by atoms with E-state index in [9.17, 15) is 4.79 Å². The lowest BCUT2D eigenvalue weighted by Gasteiger charge is -2.09. The lowest BCUT2D eigenvalue weighted by atomic mass is 10.3. The number of ether oxygens (including phenoxy) is 1. The quantitative estimate of drug-likeness (QED) is 0.533. The minimum absolute atomic E-state index is 0.153. The highest BCUT2D eigenvalue weighted by Gasteiger charge is 2.04. The Bertz CT molecular complexity index is 424. The van der Waals surface area contributed by atoms with Gasteiger partial charge in [0.05, 0.1) is 6.61 Å². The number of anilines is 2. The van der Waals surface area contributed by atoms with E-state index in [2.05, 4.69) is 27.5 Å². The summed E-state index contributed by atoms with van der Waals surface area (Å²) in [6, 6.07) is 1.86. The molecule has 0 amide bonds. The van der Waals surface area contributed by atoms with E-state index in [-0.39, 0.29) is 5.97 Å². The van der Waals surface area contributed by atoms with E-state index >= 15 is 0 Å². The molecule has 6 heteroatoms. The van der Waals surface area contributed by atoms with Crippen LogP contribution in [-0.4, -0.2) is 36.1 Å². The Balaban J connectivity index is 2.46. The fourth-order valence-corrected chi connectivity index (χ4v) is 1.73. The van der Waals surface area contributed by atoms with E-state index in [0.717, 1.165) is 36.7 Å². The van der Waals surface area contributed by atoms with Crippen LogP contribution in [0, 0.1) is 0 Å². The zero-order chi connectivity index (χ0) is 14.8. The van der Waals surface area contributed by atoms with E-state index in [4.69, 9.17) is 4.74 Å². The van der Waals surface area contributed by atoms with Crippen LogP contribution in [0.15, 0.2) is 6.07 Å². The molecular formula is C14H24N4O2. The van der Waals surface area contributed by atoms with Crippen molar-refractivity contribution in [3.8, 4) is 0 Å². The minimum Gasteiger partial charge on any atom is -0.466 e. The van der Waals surface area contributed by atoms with Crippen LogP contribution in [0.1, 0.15) is 38.9 Å². The molecule has 1 aromatic rings. The molecule has 2 N–H and O–H groups in total. The van der Waals surface area contributed by atoms with Crippen molar-refractivity contribution >= 4 is 17.6 Å². The average molecular weight is 280 g/mol. The molecule has 0 unspecified atom stereocenters. The van der Waals surface area contributed by atoms with Crippen LogP contribution < -0.4 is 10.6 Å². The maximum atomic E-state index is 11.2. The predicted octanol–water partition coefficient (Wildman–Crippen LogP) is 2.23. The second kappa shape index (κ2) is 9.12. The Morgan fingerprint density at radius 1 is 1.30 bits per heavy atom. The highest BCUT2D eigenvalue weighted by atomic mass is 16.5. The molecule has 1 rings (SSSR count). The second-order valence-corrected chi connectivity index (χ2v) is 4.39. The van der Waals surface area contributed by atoms with E-state index in [1.165, 1.54) is 0 Å². The molecule has 0 atom stereocenters. The molecule has 0 radical (unpaired) electrons. The fraction of sp³-hybridized carbons (Fsp3) is 0.643. The monoisotopic (exact) mass is 280 g/mol. The molecule has 0 aliphatic rings. The summed E-state index contributed by atoms with van der Waals surface area (Å²) in [5.74, 6) is 2.26. The van der Waals surface area contributed by atoms with Gasteiger partial charge in [-0.1, -0.05) is 6.92 Å². The third kappa shape index (κ3) is 5.86. The Morgan fingerprint density at radius 3 is 2.70 bits per heavy atom. The van der Waals surface area contributed by atoms with Gasteiger partial charge in [-0.3, -0.25) is 4.79 Å². The molecule has 0 aromatic carbocycles. The summed E-state index contributed by atoms with van der Waals surface area (Å²) >= 11 is 0. The third-order valence-corrected chi connectivity index (χ3v) is 2.67. The summed E-state index contributed by atoms with van der Waals surface area (Å²) < 4.78 is 4.88. The highest BCUT2D eigenvalue weighted by molar-refractivity contribution is 5.69. The number of aromatic nitrogens is 2. The molecule has 0 aliphatic carbocycles. The summed E-state index contributed by atoms with van der Waals surface area (Å²) in [6.45, 7) is 5.03. The first-order valence-electron chi connectivity index (χ1n) is 7.14. The third-order valence-electron chi connectivity index (χ3n) is 2.67. The minimum atomic E-state index is -0.153. The first-order chi connectivity index (χ1) is 9.69. The Morgan fingerprint density at radius 2 is 2.05 bits per heavy atom. The van der Waals surface area contributed by atoms with Gasteiger partial charge in [0.2, 0.25) is 0 Å². The van der Waals surface area contributed by atoms with Crippen LogP contribution in [0.2, 0.25) is 0 Å². The molecule has 1 aromatic heterocycles. The van der Waals surface area contributed by atoms with Crippen molar-refractivity contribution in [2.45, 2.75) is 39.5 Å². The van der Waals surface area contributed by atoms with E-state index in [1.54, 1.807) is 0 Å². The number of esters is 1. The zero-order valence-electron chi connectivity index (χ0n) is 12.5. The first-order valence-corrected chi connectivity index (χ1v) is 7.14. The molecule has 112 valence electrons. The van der Waals surface area contributed by atoms with Crippen molar-refractivity contribution in [2.24, 2.45) is 0 Å². The van der Waals surface area contributed by atoms with Crippen LogP contribution in [0.3, 0.4) is 0 Å². The van der Waals surface area contributed by atoms with Gasteiger partial charge < -0.3 is 15.4 Å². The van der Waals surface area contributed by atoms with Crippen LogP contribution >= 0.6 is 0 Å². The smallest absolute Gasteiger partial charge is 0.305 e. The fourth-order valence-electron chi connectivity index (χ4n) is 1.73. The highest BCUT2D eigenvalue weighted by Crippen LogP contribution is 2.12. The Labute approximate surface area is 120 Å². The van der Waals surface area contributed by atoms with Crippen LogP contribution in [-0.2, 0) is 16.0 Å². The normalized spacial score (nSPS) is 10.2. The van der Waals surface area contributed by atoms with E-state index in [0.29, 0.717) is 19.6 Å². The van der Waals surface area contributed by atoms with Gasteiger partial charge in [-0.25, -0.2) is 9.97 Å². The van der Waals surface area contributed by atoms with Crippen molar-refractivity contribution in [1.82, 2.24) is 9.97 Å². The number of nitrogens with one attached hydrogen (secondary N) is 2. The largest absolute Gasteiger partial charge is 0.466 e. The Kier molecular flexibility index (Phi) is 7.39. The molecule has 1 heterocycles. The summed E-state index contributed by atoms with van der Waals surface area (Å²) in [6.07, 6.45) is 3.01. The first kappa shape index (κ1) is 16.2. The van der Waals surface area contributed by atoms with Gasteiger partial charge in [0.25, 0.3) is 0 Å². The second-order valence-electron chi connectivity index (χ2n) is 4.39. The van der Waals surface area contributed by atoms with Crippen molar-refractivity contribution in [3.63, 3.8) is 0 Å². The van der Waals surface area contributed by atoms with Crippen LogP contribution in [0.5, 0.6) is 0 Å². The van der Waals surface area contributed by atoms with Crippen molar-refractivity contribution in [2.75, 3.05) is 30.8 Å². The number of carbonyl (C=O) groups is 1. The number of aryl methyl sites for hydroxylation is 1. The van der Waals surface area contributed by atoms with Gasteiger partial charge in [-0.15, -0.1) is 0 Å². The van der Waals surface area contributed by atoms with Crippen molar-refractivity contribution in [3.05, 3.63) is 11.9 Å². The molecular weight excluding hydrogens is 256 g/mol. The number of rotatable bonds is 9. The van der Waals surface area contributed by atoms with Crippen molar-refractivity contribution < 1.29 is 9.53 Å². The summed E-state index contributed by atoms with van der Waals surface area (Å²) in [5.41, 5.74) is 0. The van der Waals surface area contributed by atoms with Gasteiger partial charge in [0.1, 0.15) is 17.5 Å². The maximum absolute atomic E-state index is 11.2. The average Bonchev–Trinajstić information content (AvgIpc) is 2.44. The van der Waals surface area contributed by atoms with Gasteiger partial charge in [0.15, 0.2) is 0 Å². The summed E-state index contributed by atoms with van der Waals surface area (Å²) in [7, 11) is 1.84. The molecule has 0 bridgehead atoms. The van der Waals surface area contributed by atoms with E-state index in [1.807, 2.05) is 20.0 Å². The van der Waals surface area contributed by atoms with Crippen LogP contribution in [0.4, 0.5) is 11.6 Å². The molecule has 20 heavy (non-hydrogen) atoms. The molecule has 0 fully saturated rings. The number of hydrogen-bond donors (Lipinski definition) is 2. The van der Waals surface area contributed by atoms with Gasteiger partial charge in [-0.2, -0.15) is 0 Å². The number of nitrogens with zero attached hydrogens (tertiary/aromatic N) is 2.